The first-order chi connectivity index (χ1) is 5.87. The first kappa shape index (κ1) is 10.6. The first-order valence-electron chi connectivity index (χ1n) is 5.25. The lowest BCUT2D eigenvalue weighted by atomic mass is 9.88. The molecule has 0 saturated heterocycles. The molecule has 0 aliphatic carbocycles. The maximum Gasteiger partial charge on any atom is 0.112 e. The summed E-state index contributed by atoms with van der Waals surface area (Å²) in [5.74, 6) is 2.33. The van der Waals surface area contributed by atoms with Crippen molar-refractivity contribution >= 4 is 0 Å². The number of ether oxygens (including phenoxy) is 1. The van der Waals surface area contributed by atoms with E-state index < -0.39 is 0 Å². The summed E-state index contributed by atoms with van der Waals surface area (Å²) >= 11 is 0. The van der Waals surface area contributed by atoms with Gasteiger partial charge in [0.2, 0.25) is 0 Å². The summed E-state index contributed by atoms with van der Waals surface area (Å²) in [5.41, 5.74) is 1.48. The van der Waals surface area contributed by atoms with Gasteiger partial charge in [-0.25, -0.2) is 0 Å². The Balaban J connectivity index is 2.79. The predicted molar refractivity (Wildman–Crippen MR) is 56.5 cm³/mol. The van der Waals surface area contributed by atoms with Gasteiger partial charge in [0.25, 0.3) is 0 Å². The van der Waals surface area contributed by atoms with Gasteiger partial charge in [-0.05, 0) is 25.3 Å². The van der Waals surface area contributed by atoms with Crippen molar-refractivity contribution in [1.29, 1.82) is 0 Å². The standard InChI is InChI=1S/C12H22O/c1-8(2)11-10(5)7-12(6,13-11)9(3)4/h8-9H,7H2,1-6H3/t12-/m1/s1. The molecule has 0 spiro atoms. The van der Waals surface area contributed by atoms with Gasteiger partial charge >= 0.3 is 0 Å². The van der Waals surface area contributed by atoms with Crippen molar-refractivity contribution in [2.75, 3.05) is 0 Å². The Kier molecular flexibility index (Phi) is 2.74. The van der Waals surface area contributed by atoms with Crippen LogP contribution in [0.15, 0.2) is 11.3 Å². The van der Waals surface area contributed by atoms with Crippen molar-refractivity contribution < 1.29 is 4.74 Å². The lowest BCUT2D eigenvalue weighted by molar-refractivity contribution is -0.00728. The normalized spacial score (nSPS) is 28.9. The Morgan fingerprint density at radius 2 is 1.77 bits per heavy atom. The Bertz CT molecular complexity index is 225. The number of hydrogen-bond donors (Lipinski definition) is 0. The van der Waals surface area contributed by atoms with Crippen molar-refractivity contribution in [3.05, 3.63) is 11.3 Å². The van der Waals surface area contributed by atoms with Crippen molar-refractivity contribution in [2.24, 2.45) is 11.8 Å². The molecule has 1 aliphatic rings. The predicted octanol–water partition coefficient (Wildman–Crippen LogP) is 3.75. The second-order valence-electron chi connectivity index (χ2n) is 5.05. The molecule has 0 unspecified atom stereocenters. The van der Waals surface area contributed by atoms with Crippen LogP contribution in [0, 0.1) is 11.8 Å². The summed E-state index contributed by atoms with van der Waals surface area (Å²) in [6, 6.07) is 0. The number of hydrogen-bond acceptors (Lipinski definition) is 1. The Hall–Kier alpha value is -0.460. The van der Waals surface area contributed by atoms with Crippen LogP contribution in [0.4, 0.5) is 0 Å². The van der Waals surface area contributed by atoms with E-state index in [1.165, 1.54) is 11.3 Å². The minimum atomic E-state index is 0.0453. The molecule has 0 amide bonds. The SMILES string of the molecule is CC1=C(C(C)C)O[C@@](C)(C(C)C)C1. The molecule has 13 heavy (non-hydrogen) atoms. The minimum absolute atomic E-state index is 0.0453. The van der Waals surface area contributed by atoms with E-state index in [2.05, 4.69) is 41.5 Å². The van der Waals surface area contributed by atoms with E-state index >= 15 is 0 Å². The van der Waals surface area contributed by atoms with Crippen LogP contribution < -0.4 is 0 Å². The topological polar surface area (TPSA) is 9.23 Å². The first-order valence-corrected chi connectivity index (χ1v) is 5.25. The number of allylic oxidation sites excluding steroid dienone is 1. The molecule has 0 fully saturated rings. The summed E-state index contributed by atoms with van der Waals surface area (Å²) in [6.45, 7) is 13.3. The summed E-state index contributed by atoms with van der Waals surface area (Å²) in [5, 5.41) is 0. The Morgan fingerprint density at radius 3 is 2.00 bits per heavy atom. The van der Waals surface area contributed by atoms with Gasteiger partial charge in [0.1, 0.15) is 5.60 Å². The highest BCUT2D eigenvalue weighted by Crippen LogP contribution is 2.41. The van der Waals surface area contributed by atoms with Crippen molar-refractivity contribution in [2.45, 2.75) is 53.6 Å². The molecule has 0 aromatic rings. The van der Waals surface area contributed by atoms with Crippen LogP contribution in [0.5, 0.6) is 0 Å². The Labute approximate surface area is 82.2 Å². The molecular weight excluding hydrogens is 160 g/mol. The molecule has 1 heterocycles. The van der Waals surface area contributed by atoms with Crippen LogP contribution in [0.25, 0.3) is 0 Å². The highest BCUT2D eigenvalue weighted by molar-refractivity contribution is 5.18. The third-order valence-corrected chi connectivity index (χ3v) is 3.13. The highest BCUT2D eigenvalue weighted by atomic mass is 16.5. The number of rotatable bonds is 2. The fourth-order valence-electron chi connectivity index (χ4n) is 1.92. The quantitative estimate of drug-likeness (QED) is 0.632. The van der Waals surface area contributed by atoms with Crippen LogP contribution in [0.3, 0.4) is 0 Å². The molecule has 0 N–H and O–H groups in total. The van der Waals surface area contributed by atoms with Crippen molar-refractivity contribution in [3.8, 4) is 0 Å². The lowest BCUT2D eigenvalue weighted by Crippen LogP contribution is -2.31. The highest BCUT2D eigenvalue weighted by Gasteiger charge is 2.38. The zero-order valence-corrected chi connectivity index (χ0v) is 9.77. The fourth-order valence-corrected chi connectivity index (χ4v) is 1.92. The maximum absolute atomic E-state index is 6.06. The molecule has 1 aliphatic heterocycles. The Morgan fingerprint density at radius 1 is 1.23 bits per heavy atom. The molecule has 0 bridgehead atoms. The molecule has 0 aromatic carbocycles. The van der Waals surface area contributed by atoms with Gasteiger partial charge in [-0.15, -0.1) is 0 Å². The third-order valence-electron chi connectivity index (χ3n) is 3.13. The summed E-state index contributed by atoms with van der Waals surface area (Å²) in [4.78, 5) is 0. The van der Waals surface area contributed by atoms with Gasteiger partial charge in [0.05, 0.1) is 5.76 Å². The monoisotopic (exact) mass is 182 g/mol. The van der Waals surface area contributed by atoms with Crippen LogP contribution >= 0.6 is 0 Å². The van der Waals surface area contributed by atoms with Gasteiger partial charge in [-0.3, -0.25) is 0 Å². The molecular formula is C12H22O. The third kappa shape index (κ3) is 1.90. The average molecular weight is 182 g/mol. The van der Waals surface area contributed by atoms with Gasteiger partial charge in [-0.1, -0.05) is 27.7 Å². The van der Waals surface area contributed by atoms with Gasteiger partial charge in [-0.2, -0.15) is 0 Å². The molecule has 1 nitrogen and oxygen atoms in total. The van der Waals surface area contributed by atoms with E-state index in [-0.39, 0.29) is 5.60 Å². The van der Waals surface area contributed by atoms with Crippen LogP contribution in [-0.2, 0) is 4.74 Å². The molecule has 1 rings (SSSR count). The second-order valence-corrected chi connectivity index (χ2v) is 5.05. The van der Waals surface area contributed by atoms with E-state index in [0.29, 0.717) is 11.8 Å². The molecule has 1 atom stereocenters. The van der Waals surface area contributed by atoms with Crippen LogP contribution in [0.2, 0.25) is 0 Å². The van der Waals surface area contributed by atoms with E-state index in [1.807, 2.05) is 0 Å². The van der Waals surface area contributed by atoms with E-state index in [4.69, 9.17) is 4.74 Å². The molecule has 76 valence electrons. The largest absolute Gasteiger partial charge is 0.491 e. The maximum atomic E-state index is 6.06. The van der Waals surface area contributed by atoms with Gasteiger partial charge in [0.15, 0.2) is 0 Å². The lowest BCUT2D eigenvalue weighted by Gasteiger charge is -2.30. The smallest absolute Gasteiger partial charge is 0.112 e. The summed E-state index contributed by atoms with van der Waals surface area (Å²) < 4.78 is 6.06. The van der Waals surface area contributed by atoms with Gasteiger partial charge in [0, 0.05) is 12.3 Å². The fraction of sp³-hybridized carbons (Fsp3) is 0.833. The van der Waals surface area contributed by atoms with E-state index in [0.717, 1.165) is 6.42 Å². The zero-order valence-electron chi connectivity index (χ0n) is 9.77. The summed E-state index contributed by atoms with van der Waals surface area (Å²) in [6.07, 6.45) is 1.10. The molecule has 0 aromatic heterocycles. The molecule has 0 radical (unpaired) electrons. The van der Waals surface area contributed by atoms with Gasteiger partial charge < -0.3 is 4.74 Å². The van der Waals surface area contributed by atoms with Crippen LogP contribution in [-0.4, -0.2) is 5.60 Å². The van der Waals surface area contributed by atoms with Crippen LogP contribution in [0.1, 0.15) is 48.0 Å². The molecule has 0 saturated carbocycles. The van der Waals surface area contributed by atoms with E-state index in [9.17, 15) is 0 Å². The van der Waals surface area contributed by atoms with E-state index in [1.54, 1.807) is 0 Å². The zero-order chi connectivity index (χ0) is 10.2. The second kappa shape index (κ2) is 3.36. The van der Waals surface area contributed by atoms with Crippen molar-refractivity contribution in [3.63, 3.8) is 0 Å². The average Bonchev–Trinajstić information content (AvgIpc) is 2.28. The molecule has 1 heteroatoms. The van der Waals surface area contributed by atoms with Crippen molar-refractivity contribution in [1.82, 2.24) is 0 Å². The minimum Gasteiger partial charge on any atom is -0.491 e. The summed E-state index contributed by atoms with van der Waals surface area (Å²) in [7, 11) is 0.